The third kappa shape index (κ3) is 5.33. The smallest absolute Gasteiger partial charge is 0.175 e. The van der Waals surface area contributed by atoms with E-state index in [-0.39, 0.29) is 16.6 Å². The van der Waals surface area contributed by atoms with Gasteiger partial charge in [0.1, 0.15) is 0 Å². The van der Waals surface area contributed by atoms with Crippen molar-refractivity contribution in [2.24, 2.45) is 5.73 Å². The van der Waals surface area contributed by atoms with Crippen LogP contribution in [0.1, 0.15) is 0 Å². The van der Waals surface area contributed by atoms with Gasteiger partial charge in [-0.05, 0) is 53.0 Å². The van der Waals surface area contributed by atoms with Crippen LogP contribution in [0.5, 0.6) is 0 Å². The molecule has 21 heavy (non-hydrogen) atoms. The van der Waals surface area contributed by atoms with Gasteiger partial charge in [-0.2, -0.15) is 0 Å². The lowest BCUT2D eigenvalue weighted by atomic mass is 10.3. The fraction of sp³-hybridized carbons (Fsp3) is 0.417. The zero-order valence-corrected chi connectivity index (χ0v) is 15.7. The first-order chi connectivity index (χ1) is 9.68. The Bertz CT molecular complexity index is 618. The largest absolute Gasteiger partial charge is 0.376 e. The second-order valence-electron chi connectivity index (χ2n) is 4.27. The molecule has 1 aromatic rings. The van der Waals surface area contributed by atoms with Crippen LogP contribution < -0.4 is 10.6 Å². The van der Waals surface area contributed by atoms with Crippen molar-refractivity contribution in [3.8, 4) is 0 Å². The maximum absolute atomic E-state index is 11.7. The molecule has 1 aromatic carbocycles. The maximum atomic E-state index is 11.7. The van der Waals surface area contributed by atoms with E-state index in [0.717, 1.165) is 9.83 Å². The van der Waals surface area contributed by atoms with Crippen molar-refractivity contribution >= 4 is 55.4 Å². The van der Waals surface area contributed by atoms with E-state index in [1.165, 1.54) is 20.3 Å². The Morgan fingerprint density at radius 2 is 1.95 bits per heavy atom. The number of anilines is 1. The van der Waals surface area contributed by atoms with E-state index in [1.807, 2.05) is 22.6 Å². The molecule has 0 heterocycles. The van der Waals surface area contributed by atoms with Gasteiger partial charge in [0.25, 0.3) is 0 Å². The summed E-state index contributed by atoms with van der Waals surface area (Å²) in [5.74, 6) is 0. The lowest BCUT2D eigenvalue weighted by Crippen LogP contribution is -2.42. The van der Waals surface area contributed by atoms with Crippen molar-refractivity contribution in [1.82, 2.24) is 0 Å². The number of rotatable bonds is 6. The third-order valence-corrected chi connectivity index (χ3v) is 4.65. The summed E-state index contributed by atoms with van der Waals surface area (Å²) in [6, 6.07) is 4.90. The minimum atomic E-state index is -3.32. The summed E-state index contributed by atoms with van der Waals surface area (Å²) >= 11 is 7.08. The number of ether oxygens (including phenoxy) is 2. The van der Waals surface area contributed by atoms with Gasteiger partial charge in [0.15, 0.2) is 21.2 Å². The first-order valence-corrected chi connectivity index (χ1v) is 9.20. The molecule has 0 aromatic heterocycles. The van der Waals surface area contributed by atoms with Gasteiger partial charge < -0.3 is 20.1 Å². The highest BCUT2D eigenvalue weighted by molar-refractivity contribution is 14.1. The number of thiocarbonyl (C=S) groups is 1. The first-order valence-electron chi connectivity index (χ1n) is 5.82. The van der Waals surface area contributed by atoms with Crippen molar-refractivity contribution in [3.63, 3.8) is 0 Å². The highest BCUT2D eigenvalue weighted by Crippen LogP contribution is 2.24. The Labute approximate surface area is 143 Å². The predicted molar refractivity (Wildman–Crippen MR) is 94.2 cm³/mol. The van der Waals surface area contributed by atoms with Gasteiger partial charge in [0, 0.05) is 29.7 Å². The molecule has 0 atom stereocenters. The van der Waals surface area contributed by atoms with Crippen molar-refractivity contribution in [1.29, 1.82) is 0 Å². The Balaban J connectivity index is 3.26. The van der Waals surface area contributed by atoms with Gasteiger partial charge in [0.05, 0.1) is 11.4 Å². The Hall–Kier alpha value is -0.490. The second-order valence-corrected chi connectivity index (χ2v) is 7.95. The van der Waals surface area contributed by atoms with Crippen LogP contribution >= 0.6 is 34.8 Å². The lowest BCUT2D eigenvalue weighted by Gasteiger charge is -2.27. The minimum absolute atomic E-state index is 0.107. The van der Waals surface area contributed by atoms with Crippen molar-refractivity contribution in [2.45, 2.75) is 11.2 Å². The van der Waals surface area contributed by atoms with Crippen LogP contribution in [0.3, 0.4) is 0 Å². The SMILES string of the molecule is COC(CN(C(N)=S)c1cc(I)cc(S(C)(=O)=O)c1)OC. The van der Waals surface area contributed by atoms with Crippen LogP contribution in [0.25, 0.3) is 0 Å². The van der Waals surface area contributed by atoms with Crippen LogP contribution in [0.4, 0.5) is 5.69 Å². The molecule has 0 saturated heterocycles. The topological polar surface area (TPSA) is 81.9 Å². The van der Waals surface area contributed by atoms with Gasteiger partial charge in [-0.25, -0.2) is 8.42 Å². The third-order valence-electron chi connectivity index (χ3n) is 2.72. The van der Waals surface area contributed by atoms with Gasteiger partial charge in [-0.15, -0.1) is 0 Å². The van der Waals surface area contributed by atoms with E-state index in [4.69, 9.17) is 27.4 Å². The average molecular weight is 444 g/mol. The van der Waals surface area contributed by atoms with Crippen LogP contribution in [0.15, 0.2) is 23.1 Å². The van der Waals surface area contributed by atoms with Crippen LogP contribution in [0, 0.1) is 3.57 Å². The number of nitrogens with zero attached hydrogens (tertiary/aromatic N) is 1. The van der Waals surface area contributed by atoms with E-state index in [9.17, 15) is 8.42 Å². The molecule has 2 N–H and O–H groups in total. The molecule has 1 rings (SSSR count). The van der Waals surface area contributed by atoms with E-state index >= 15 is 0 Å². The van der Waals surface area contributed by atoms with Crippen molar-refractivity contribution < 1.29 is 17.9 Å². The second kappa shape index (κ2) is 7.68. The van der Waals surface area contributed by atoms with Crippen LogP contribution in [0.2, 0.25) is 0 Å². The van der Waals surface area contributed by atoms with Gasteiger partial charge >= 0.3 is 0 Å². The molecule has 0 bridgehead atoms. The van der Waals surface area contributed by atoms with Gasteiger partial charge in [-0.3, -0.25) is 0 Å². The zero-order valence-electron chi connectivity index (χ0n) is 11.9. The average Bonchev–Trinajstić information content (AvgIpc) is 2.37. The summed E-state index contributed by atoms with van der Waals surface area (Å²) in [7, 11) is -0.320. The standard InChI is InChI=1S/C12H17IN2O4S2/c1-18-11(19-2)7-15(12(14)20)9-4-8(13)5-10(6-9)21(3,16)17/h4-6,11H,7H2,1-3H3,(H2,14,20). The van der Waals surface area contributed by atoms with Crippen LogP contribution in [-0.4, -0.2) is 46.8 Å². The van der Waals surface area contributed by atoms with Gasteiger partial charge in [-0.1, -0.05) is 0 Å². The Kier molecular flexibility index (Phi) is 6.78. The molecule has 6 nitrogen and oxygen atoms in total. The summed E-state index contributed by atoms with van der Waals surface area (Å²) in [5.41, 5.74) is 6.31. The molecule has 0 aliphatic rings. The Morgan fingerprint density at radius 1 is 1.38 bits per heavy atom. The molecule has 0 saturated carbocycles. The fourth-order valence-corrected chi connectivity index (χ4v) is 3.36. The molecule has 0 aliphatic heterocycles. The number of hydrogen-bond acceptors (Lipinski definition) is 5. The monoisotopic (exact) mass is 444 g/mol. The summed E-state index contributed by atoms with van der Waals surface area (Å²) in [5, 5.41) is 0.107. The summed E-state index contributed by atoms with van der Waals surface area (Å²) < 4.78 is 34.5. The molecule has 0 amide bonds. The highest BCUT2D eigenvalue weighted by atomic mass is 127. The van der Waals surface area contributed by atoms with Crippen molar-refractivity contribution in [2.75, 3.05) is 31.9 Å². The number of hydrogen-bond donors (Lipinski definition) is 1. The summed E-state index contributed by atoms with van der Waals surface area (Å²) in [6.07, 6.45) is 0.617. The number of methoxy groups -OCH3 is 2. The molecular formula is C12H17IN2O4S2. The van der Waals surface area contributed by atoms with E-state index < -0.39 is 16.1 Å². The molecule has 0 radical (unpaired) electrons. The maximum Gasteiger partial charge on any atom is 0.175 e. The fourth-order valence-electron chi connectivity index (χ4n) is 1.63. The van der Waals surface area contributed by atoms with E-state index in [2.05, 4.69) is 0 Å². The first kappa shape index (κ1) is 18.6. The molecule has 9 heteroatoms. The molecule has 0 spiro atoms. The molecule has 0 unspecified atom stereocenters. The predicted octanol–water partition coefficient (Wildman–Crippen LogP) is 1.36. The van der Waals surface area contributed by atoms with Gasteiger partial charge in [0.2, 0.25) is 0 Å². The molecule has 0 aliphatic carbocycles. The highest BCUT2D eigenvalue weighted by Gasteiger charge is 2.19. The molecule has 118 valence electrons. The number of halogens is 1. The normalized spacial score (nSPS) is 11.7. The van der Waals surface area contributed by atoms with Crippen molar-refractivity contribution in [3.05, 3.63) is 21.8 Å². The summed E-state index contributed by atoms with van der Waals surface area (Å²) in [4.78, 5) is 1.78. The molecule has 0 fully saturated rings. The Morgan fingerprint density at radius 3 is 2.38 bits per heavy atom. The lowest BCUT2D eigenvalue weighted by molar-refractivity contribution is -0.0935. The minimum Gasteiger partial charge on any atom is -0.376 e. The quantitative estimate of drug-likeness (QED) is 0.403. The number of nitrogens with two attached hydrogens (primary N) is 1. The number of sulfone groups is 1. The zero-order chi connectivity index (χ0) is 16.2. The van der Waals surface area contributed by atoms with Crippen LogP contribution in [-0.2, 0) is 19.3 Å². The van der Waals surface area contributed by atoms with E-state index in [0.29, 0.717) is 5.69 Å². The number of benzene rings is 1. The van der Waals surface area contributed by atoms with E-state index in [1.54, 1.807) is 17.0 Å². The summed E-state index contributed by atoms with van der Waals surface area (Å²) in [6.45, 7) is 0.256. The molecular weight excluding hydrogens is 427 g/mol.